The number of ether oxygens (including phenoxy) is 1. The molecule has 0 saturated carbocycles. The van der Waals surface area contributed by atoms with Crippen LogP contribution >= 0.6 is 0 Å². The third-order valence-electron chi connectivity index (χ3n) is 6.47. The Kier molecular flexibility index (Phi) is 6.34. The number of carbonyl (C=O) groups is 1. The third kappa shape index (κ3) is 4.37. The van der Waals surface area contributed by atoms with Gasteiger partial charge in [0.2, 0.25) is 0 Å². The molecule has 180 valence electrons. The lowest BCUT2D eigenvalue weighted by molar-refractivity contribution is 0.0223. The highest BCUT2D eigenvalue weighted by Gasteiger charge is 2.27. The molecule has 0 spiro atoms. The summed E-state index contributed by atoms with van der Waals surface area (Å²) >= 11 is 0. The highest BCUT2D eigenvalue weighted by atomic mass is 19.1. The summed E-state index contributed by atoms with van der Waals surface area (Å²) < 4.78 is 21.8. The van der Waals surface area contributed by atoms with Crippen LogP contribution in [0.4, 0.5) is 4.39 Å². The van der Waals surface area contributed by atoms with E-state index < -0.39 is 11.6 Å². The Hall–Kier alpha value is -3.77. The molecule has 6 heteroatoms. The zero-order chi connectivity index (χ0) is 24.0. The number of nitrogens with zero attached hydrogens (tertiary/aromatic N) is 2. The van der Waals surface area contributed by atoms with Gasteiger partial charge in [-0.3, -0.25) is 4.99 Å². The molecule has 1 N–H and O–H groups in total. The number of rotatable bonds is 6. The number of fused-ring (bicyclic) bond motifs is 2. The zero-order valence-electron chi connectivity index (χ0n) is 19.3. The highest BCUT2D eigenvalue weighted by molar-refractivity contribution is 6.03. The maximum atomic E-state index is 13.8. The molecular formula is C29H29FN2O3. The average Bonchev–Trinajstić information content (AvgIpc) is 3.39. The smallest absolute Gasteiger partial charge is 0.335 e. The number of hydrogen-bond donors (Lipinski definition) is 1. The molecule has 4 aromatic rings. The van der Waals surface area contributed by atoms with Gasteiger partial charge in [-0.2, -0.15) is 0 Å². The van der Waals surface area contributed by atoms with Crippen molar-refractivity contribution in [1.29, 1.82) is 0 Å². The Morgan fingerprint density at radius 3 is 2.43 bits per heavy atom. The number of carboxylic acid groups (broad SMARTS) is 1. The van der Waals surface area contributed by atoms with Crippen LogP contribution in [0.2, 0.25) is 0 Å². The standard InChI is InChI=1S/C28H25FN2O3.CH4/c1-28(2,34-3)14-25-26(17-4-6-18(7-5-17)27(32)33)23-12-19-15-30-16-20(19)13-24(23)31(25)22-10-8-21(29)9-11-22;/h4-13,16H,14-15H2,1-3H3,(H,32,33);1H4. The first kappa shape index (κ1) is 24.4. The molecule has 0 amide bonds. The molecule has 0 radical (unpaired) electrons. The summed E-state index contributed by atoms with van der Waals surface area (Å²) in [7, 11) is 1.69. The van der Waals surface area contributed by atoms with Gasteiger partial charge in [0.15, 0.2) is 0 Å². The summed E-state index contributed by atoms with van der Waals surface area (Å²) in [6, 6.07) is 17.7. The highest BCUT2D eigenvalue weighted by Crippen LogP contribution is 2.41. The molecule has 5 rings (SSSR count). The fraction of sp³-hybridized carbons (Fsp3) is 0.241. The molecular weight excluding hydrogens is 443 g/mol. The van der Waals surface area contributed by atoms with Crippen molar-refractivity contribution in [1.82, 2.24) is 4.57 Å². The first-order valence-corrected chi connectivity index (χ1v) is 11.1. The molecule has 0 saturated heterocycles. The Balaban J connectivity index is 0.00000289. The van der Waals surface area contributed by atoms with Gasteiger partial charge in [0.05, 0.1) is 23.2 Å². The van der Waals surface area contributed by atoms with Crippen LogP contribution in [0.5, 0.6) is 0 Å². The minimum absolute atomic E-state index is 0. The Labute approximate surface area is 204 Å². The van der Waals surface area contributed by atoms with E-state index in [1.165, 1.54) is 12.1 Å². The Bertz CT molecular complexity index is 1430. The van der Waals surface area contributed by atoms with Gasteiger partial charge in [-0.15, -0.1) is 0 Å². The second-order valence-corrected chi connectivity index (χ2v) is 9.19. The van der Waals surface area contributed by atoms with E-state index in [0.29, 0.717) is 13.0 Å². The number of halogens is 1. The molecule has 0 aliphatic carbocycles. The number of aromatic carboxylic acids is 1. The summed E-state index contributed by atoms with van der Waals surface area (Å²) in [5, 5.41) is 10.4. The van der Waals surface area contributed by atoms with Crippen molar-refractivity contribution >= 4 is 23.1 Å². The summed E-state index contributed by atoms with van der Waals surface area (Å²) in [5.41, 5.74) is 6.74. The summed E-state index contributed by atoms with van der Waals surface area (Å²) in [6.07, 6.45) is 2.47. The Morgan fingerprint density at radius 2 is 1.80 bits per heavy atom. The topological polar surface area (TPSA) is 63.8 Å². The minimum atomic E-state index is -0.962. The number of hydrogen-bond acceptors (Lipinski definition) is 3. The first-order valence-electron chi connectivity index (χ1n) is 11.1. The predicted octanol–water partition coefficient (Wildman–Crippen LogP) is 6.67. The van der Waals surface area contributed by atoms with E-state index in [1.807, 2.05) is 32.2 Å². The lowest BCUT2D eigenvalue weighted by Crippen LogP contribution is -2.27. The molecule has 3 aromatic carbocycles. The maximum absolute atomic E-state index is 13.8. The van der Waals surface area contributed by atoms with Crippen LogP contribution < -0.4 is 0 Å². The summed E-state index contributed by atoms with van der Waals surface area (Å²) in [4.78, 5) is 15.9. The maximum Gasteiger partial charge on any atom is 0.335 e. The number of benzene rings is 3. The van der Waals surface area contributed by atoms with Crippen LogP contribution in [-0.2, 0) is 17.7 Å². The lowest BCUT2D eigenvalue weighted by atomic mass is 9.93. The number of aromatic nitrogens is 1. The molecule has 35 heavy (non-hydrogen) atoms. The van der Waals surface area contributed by atoms with Crippen LogP contribution in [0.15, 0.2) is 65.7 Å². The van der Waals surface area contributed by atoms with E-state index >= 15 is 0 Å². The van der Waals surface area contributed by atoms with Gasteiger partial charge < -0.3 is 14.4 Å². The van der Waals surface area contributed by atoms with Gasteiger partial charge in [-0.25, -0.2) is 9.18 Å². The fourth-order valence-corrected chi connectivity index (χ4v) is 4.58. The van der Waals surface area contributed by atoms with E-state index in [9.17, 15) is 14.3 Å². The van der Waals surface area contributed by atoms with Crippen LogP contribution in [0.25, 0.3) is 27.7 Å². The molecule has 1 aliphatic heterocycles. The van der Waals surface area contributed by atoms with Gasteiger partial charge in [-0.1, -0.05) is 19.6 Å². The Morgan fingerprint density at radius 1 is 1.11 bits per heavy atom. The number of aliphatic imine (C=N–C) groups is 1. The molecule has 1 aliphatic rings. The SMILES string of the molecule is C.COC(C)(C)Cc1c(-c2ccc(C(=O)O)cc2)c2cc3c(cc2n1-c1ccc(F)cc1)C=NC3. The number of carboxylic acids is 1. The van der Waals surface area contributed by atoms with Gasteiger partial charge in [0.1, 0.15) is 5.82 Å². The van der Waals surface area contributed by atoms with Crippen molar-refractivity contribution in [3.8, 4) is 16.8 Å². The van der Waals surface area contributed by atoms with Crippen LogP contribution in [0.3, 0.4) is 0 Å². The second kappa shape index (κ2) is 9.12. The van der Waals surface area contributed by atoms with Crippen molar-refractivity contribution in [3.05, 3.63) is 88.9 Å². The molecule has 2 heterocycles. The van der Waals surface area contributed by atoms with Crippen LogP contribution in [0.1, 0.15) is 48.5 Å². The zero-order valence-corrected chi connectivity index (χ0v) is 19.3. The summed E-state index contributed by atoms with van der Waals surface area (Å²) in [5.74, 6) is -1.26. The van der Waals surface area contributed by atoms with Gasteiger partial charge in [0, 0.05) is 42.1 Å². The van der Waals surface area contributed by atoms with Crippen molar-refractivity contribution < 1.29 is 19.0 Å². The van der Waals surface area contributed by atoms with E-state index in [1.54, 1.807) is 31.4 Å². The minimum Gasteiger partial charge on any atom is -0.478 e. The number of methoxy groups -OCH3 is 1. The normalized spacial score (nSPS) is 12.6. The largest absolute Gasteiger partial charge is 0.478 e. The predicted molar refractivity (Wildman–Crippen MR) is 138 cm³/mol. The lowest BCUT2D eigenvalue weighted by Gasteiger charge is -2.25. The van der Waals surface area contributed by atoms with Crippen LogP contribution in [-0.4, -0.2) is 34.6 Å². The van der Waals surface area contributed by atoms with E-state index in [-0.39, 0.29) is 18.8 Å². The van der Waals surface area contributed by atoms with Gasteiger partial charge >= 0.3 is 5.97 Å². The van der Waals surface area contributed by atoms with E-state index in [0.717, 1.165) is 44.5 Å². The van der Waals surface area contributed by atoms with E-state index in [4.69, 9.17) is 4.74 Å². The molecule has 1 aromatic heterocycles. The molecule has 5 nitrogen and oxygen atoms in total. The molecule has 0 unspecified atom stereocenters. The fourth-order valence-electron chi connectivity index (χ4n) is 4.58. The summed E-state index contributed by atoms with van der Waals surface area (Å²) in [6.45, 7) is 4.69. The average molecular weight is 473 g/mol. The van der Waals surface area contributed by atoms with Crippen molar-refractivity contribution in [2.75, 3.05) is 7.11 Å². The van der Waals surface area contributed by atoms with Crippen molar-refractivity contribution in [3.63, 3.8) is 0 Å². The first-order chi connectivity index (χ1) is 16.3. The van der Waals surface area contributed by atoms with E-state index in [2.05, 4.69) is 21.7 Å². The molecule has 0 bridgehead atoms. The monoisotopic (exact) mass is 472 g/mol. The molecule has 0 atom stereocenters. The van der Waals surface area contributed by atoms with Crippen molar-refractivity contribution in [2.24, 2.45) is 4.99 Å². The third-order valence-corrected chi connectivity index (χ3v) is 6.47. The van der Waals surface area contributed by atoms with Crippen LogP contribution in [0, 0.1) is 5.82 Å². The van der Waals surface area contributed by atoms with Gasteiger partial charge in [-0.05, 0) is 79.1 Å². The molecule has 0 fully saturated rings. The van der Waals surface area contributed by atoms with Crippen molar-refractivity contribution in [2.45, 2.75) is 39.8 Å². The quantitative estimate of drug-likeness (QED) is 0.341. The second-order valence-electron chi connectivity index (χ2n) is 9.19. The van der Waals surface area contributed by atoms with Gasteiger partial charge in [0.25, 0.3) is 0 Å².